The Morgan fingerprint density at radius 3 is 2.95 bits per heavy atom. The van der Waals surface area contributed by atoms with Crippen LogP contribution in [0.5, 0.6) is 0 Å². The third-order valence-electron chi connectivity index (χ3n) is 4.16. The monoisotopic (exact) mass is 273 g/mol. The zero-order chi connectivity index (χ0) is 14.1. The number of piperidine rings is 1. The third kappa shape index (κ3) is 2.24. The maximum absolute atomic E-state index is 12.6. The molecule has 5 nitrogen and oxygen atoms in total. The first-order chi connectivity index (χ1) is 9.66. The number of benzene rings is 1. The fourth-order valence-electron chi connectivity index (χ4n) is 3.06. The Labute approximate surface area is 118 Å². The molecule has 1 aromatic carbocycles. The Balaban J connectivity index is 1.85. The van der Waals surface area contributed by atoms with Crippen LogP contribution in [0.4, 0.5) is 5.69 Å². The van der Waals surface area contributed by atoms with Gasteiger partial charge in [0.25, 0.3) is 5.91 Å². The van der Waals surface area contributed by atoms with E-state index in [-0.39, 0.29) is 5.91 Å². The average molecular weight is 273 g/mol. The second-order valence-corrected chi connectivity index (χ2v) is 5.46. The summed E-state index contributed by atoms with van der Waals surface area (Å²) in [6, 6.07) is 5.27. The van der Waals surface area contributed by atoms with Crippen molar-refractivity contribution in [3.63, 3.8) is 0 Å². The van der Waals surface area contributed by atoms with Crippen LogP contribution >= 0.6 is 0 Å². The number of likely N-dealkylation sites (tertiary alicyclic amines) is 1. The quantitative estimate of drug-likeness (QED) is 0.848. The number of nitrogens with two attached hydrogens (primary N) is 1. The van der Waals surface area contributed by atoms with E-state index in [0.717, 1.165) is 31.5 Å². The van der Waals surface area contributed by atoms with Gasteiger partial charge in [0.15, 0.2) is 0 Å². The molecule has 2 amide bonds. The highest BCUT2D eigenvalue weighted by Crippen LogP contribution is 2.25. The molecule has 2 aliphatic heterocycles. The molecule has 0 saturated carbocycles. The standard InChI is InChI=1S/C15H19N3O2/c16-14(19)13-3-1-2-8-18(13)15(20)11-5-4-10-6-7-17-12(10)9-11/h4-5,9,13,17H,1-3,6-8H2,(H2,16,19). The zero-order valence-electron chi connectivity index (χ0n) is 11.4. The molecular formula is C15H19N3O2. The van der Waals surface area contributed by atoms with Crippen LogP contribution in [0.15, 0.2) is 18.2 Å². The smallest absolute Gasteiger partial charge is 0.254 e. The fourth-order valence-corrected chi connectivity index (χ4v) is 3.06. The van der Waals surface area contributed by atoms with Crippen molar-refractivity contribution in [2.45, 2.75) is 31.7 Å². The number of fused-ring (bicyclic) bond motifs is 1. The number of carbonyl (C=O) groups excluding carboxylic acids is 2. The summed E-state index contributed by atoms with van der Waals surface area (Å²) in [7, 11) is 0. The van der Waals surface area contributed by atoms with Gasteiger partial charge in [0.05, 0.1) is 0 Å². The van der Waals surface area contributed by atoms with E-state index in [9.17, 15) is 9.59 Å². The zero-order valence-corrected chi connectivity index (χ0v) is 11.4. The summed E-state index contributed by atoms with van der Waals surface area (Å²) in [6.45, 7) is 1.53. The number of primary amides is 1. The summed E-state index contributed by atoms with van der Waals surface area (Å²) in [5, 5.41) is 3.27. The van der Waals surface area contributed by atoms with Gasteiger partial charge in [0, 0.05) is 24.3 Å². The topological polar surface area (TPSA) is 75.4 Å². The fraction of sp³-hybridized carbons (Fsp3) is 0.467. The molecule has 1 fully saturated rings. The van der Waals surface area contributed by atoms with Gasteiger partial charge in [-0.2, -0.15) is 0 Å². The molecule has 0 spiro atoms. The molecule has 0 bridgehead atoms. The van der Waals surface area contributed by atoms with Crippen molar-refractivity contribution in [3.8, 4) is 0 Å². The lowest BCUT2D eigenvalue weighted by molar-refractivity contribution is -0.123. The van der Waals surface area contributed by atoms with Gasteiger partial charge in [-0.3, -0.25) is 9.59 Å². The molecule has 5 heteroatoms. The Morgan fingerprint density at radius 2 is 2.15 bits per heavy atom. The first kappa shape index (κ1) is 13.0. The van der Waals surface area contributed by atoms with Crippen LogP contribution in [-0.2, 0) is 11.2 Å². The largest absolute Gasteiger partial charge is 0.384 e. The van der Waals surface area contributed by atoms with Gasteiger partial charge in [-0.05, 0) is 43.4 Å². The summed E-state index contributed by atoms with van der Waals surface area (Å²) in [5.41, 5.74) is 8.32. The average Bonchev–Trinajstić information content (AvgIpc) is 2.93. The van der Waals surface area contributed by atoms with E-state index in [2.05, 4.69) is 5.32 Å². The van der Waals surface area contributed by atoms with E-state index in [1.807, 2.05) is 18.2 Å². The number of hydrogen-bond acceptors (Lipinski definition) is 3. The number of amides is 2. The number of carbonyl (C=O) groups is 2. The van der Waals surface area contributed by atoms with E-state index in [0.29, 0.717) is 18.5 Å². The van der Waals surface area contributed by atoms with Gasteiger partial charge in [-0.25, -0.2) is 0 Å². The number of rotatable bonds is 2. The summed E-state index contributed by atoms with van der Waals surface area (Å²) in [4.78, 5) is 25.7. The highest BCUT2D eigenvalue weighted by atomic mass is 16.2. The summed E-state index contributed by atoms with van der Waals surface area (Å²) < 4.78 is 0. The first-order valence-corrected chi connectivity index (χ1v) is 7.14. The number of anilines is 1. The molecule has 2 aliphatic rings. The number of hydrogen-bond donors (Lipinski definition) is 2. The van der Waals surface area contributed by atoms with Crippen LogP contribution in [0.3, 0.4) is 0 Å². The molecule has 2 heterocycles. The Hall–Kier alpha value is -2.04. The van der Waals surface area contributed by atoms with Crippen LogP contribution < -0.4 is 11.1 Å². The Kier molecular flexibility index (Phi) is 3.34. The predicted octanol–water partition coefficient (Wildman–Crippen LogP) is 1.13. The summed E-state index contributed by atoms with van der Waals surface area (Å²) >= 11 is 0. The molecular weight excluding hydrogens is 254 g/mol. The molecule has 0 radical (unpaired) electrons. The minimum atomic E-state index is -0.461. The van der Waals surface area contributed by atoms with Gasteiger partial charge >= 0.3 is 0 Å². The SMILES string of the molecule is NC(=O)C1CCCCN1C(=O)c1ccc2c(c1)NCC2. The Bertz CT molecular complexity index is 556. The molecule has 0 aliphatic carbocycles. The lowest BCUT2D eigenvalue weighted by Gasteiger charge is -2.33. The summed E-state index contributed by atoms with van der Waals surface area (Å²) in [6.07, 6.45) is 3.55. The van der Waals surface area contributed by atoms with Crippen LogP contribution in [0, 0.1) is 0 Å². The second-order valence-electron chi connectivity index (χ2n) is 5.46. The normalized spacial score (nSPS) is 21.2. The van der Waals surface area contributed by atoms with Gasteiger partial charge in [-0.1, -0.05) is 6.07 Å². The van der Waals surface area contributed by atoms with Crippen LogP contribution in [0.1, 0.15) is 35.2 Å². The van der Waals surface area contributed by atoms with E-state index in [1.165, 1.54) is 5.56 Å². The van der Waals surface area contributed by atoms with Crippen LogP contribution in [0.2, 0.25) is 0 Å². The van der Waals surface area contributed by atoms with Crippen molar-refractivity contribution in [2.24, 2.45) is 5.73 Å². The minimum absolute atomic E-state index is 0.0926. The number of nitrogens with zero attached hydrogens (tertiary/aromatic N) is 1. The van der Waals surface area contributed by atoms with E-state index >= 15 is 0 Å². The van der Waals surface area contributed by atoms with Crippen molar-refractivity contribution in [3.05, 3.63) is 29.3 Å². The lowest BCUT2D eigenvalue weighted by atomic mass is 9.99. The van der Waals surface area contributed by atoms with Crippen molar-refractivity contribution >= 4 is 17.5 Å². The van der Waals surface area contributed by atoms with Gasteiger partial charge in [0.1, 0.15) is 6.04 Å². The molecule has 3 N–H and O–H groups in total. The van der Waals surface area contributed by atoms with Gasteiger partial charge < -0.3 is 16.0 Å². The first-order valence-electron chi connectivity index (χ1n) is 7.14. The minimum Gasteiger partial charge on any atom is -0.384 e. The van der Waals surface area contributed by atoms with Crippen LogP contribution in [0.25, 0.3) is 0 Å². The third-order valence-corrected chi connectivity index (χ3v) is 4.16. The second kappa shape index (κ2) is 5.15. The molecule has 3 rings (SSSR count). The van der Waals surface area contributed by atoms with E-state index in [1.54, 1.807) is 4.90 Å². The maximum atomic E-state index is 12.6. The molecule has 1 unspecified atom stereocenters. The molecule has 1 saturated heterocycles. The summed E-state index contributed by atoms with van der Waals surface area (Å²) in [5.74, 6) is -0.498. The van der Waals surface area contributed by atoms with Crippen molar-refractivity contribution < 1.29 is 9.59 Å². The van der Waals surface area contributed by atoms with Crippen molar-refractivity contribution in [1.82, 2.24) is 4.90 Å². The molecule has 106 valence electrons. The van der Waals surface area contributed by atoms with Gasteiger partial charge in [0.2, 0.25) is 5.91 Å². The Morgan fingerprint density at radius 1 is 1.30 bits per heavy atom. The van der Waals surface area contributed by atoms with Crippen LogP contribution in [-0.4, -0.2) is 35.8 Å². The van der Waals surface area contributed by atoms with Crippen molar-refractivity contribution in [2.75, 3.05) is 18.4 Å². The molecule has 0 aromatic heterocycles. The molecule has 1 atom stereocenters. The molecule has 1 aromatic rings. The molecule has 20 heavy (non-hydrogen) atoms. The lowest BCUT2D eigenvalue weighted by Crippen LogP contribution is -2.50. The van der Waals surface area contributed by atoms with Crippen molar-refractivity contribution in [1.29, 1.82) is 0 Å². The predicted molar refractivity (Wildman–Crippen MR) is 76.5 cm³/mol. The maximum Gasteiger partial charge on any atom is 0.254 e. The van der Waals surface area contributed by atoms with E-state index in [4.69, 9.17) is 5.73 Å². The highest BCUT2D eigenvalue weighted by molar-refractivity contribution is 5.98. The number of nitrogens with one attached hydrogen (secondary N) is 1. The van der Waals surface area contributed by atoms with Gasteiger partial charge in [-0.15, -0.1) is 0 Å². The van der Waals surface area contributed by atoms with E-state index < -0.39 is 11.9 Å². The highest BCUT2D eigenvalue weighted by Gasteiger charge is 2.31.